The lowest BCUT2D eigenvalue weighted by Gasteiger charge is -2.09. The second-order valence-electron chi connectivity index (χ2n) is 6.23. The highest BCUT2D eigenvalue weighted by Gasteiger charge is 2.18. The lowest BCUT2D eigenvalue weighted by atomic mass is 10.1. The van der Waals surface area contributed by atoms with E-state index in [2.05, 4.69) is 20.5 Å². The molecule has 0 radical (unpaired) electrons. The molecule has 0 saturated carbocycles. The Balaban J connectivity index is 1.62. The molecule has 0 atom stereocenters. The van der Waals surface area contributed by atoms with E-state index in [1.165, 1.54) is 18.3 Å². The fraction of sp³-hybridized carbons (Fsp3) is 0. The average Bonchev–Trinajstić information content (AvgIpc) is 3.16. The predicted octanol–water partition coefficient (Wildman–Crippen LogP) is 4.08. The zero-order chi connectivity index (χ0) is 20.2. The van der Waals surface area contributed by atoms with Gasteiger partial charge in [-0.1, -0.05) is 42.5 Å². The maximum absolute atomic E-state index is 12.6. The van der Waals surface area contributed by atoms with Gasteiger partial charge < -0.3 is 10.4 Å². The van der Waals surface area contributed by atoms with Gasteiger partial charge in [-0.25, -0.2) is 4.79 Å². The molecule has 2 heterocycles. The molecule has 29 heavy (non-hydrogen) atoms. The number of nitrogens with one attached hydrogen (secondary N) is 2. The first kappa shape index (κ1) is 18.1. The summed E-state index contributed by atoms with van der Waals surface area (Å²) < 4.78 is 0. The van der Waals surface area contributed by atoms with Crippen LogP contribution >= 0.6 is 0 Å². The van der Waals surface area contributed by atoms with E-state index in [1.807, 2.05) is 48.6 Å². The Hall–Kier alpha value is -4.26. The van der Waals surface area contributed by atoms with Crippen molar-refractivity contribution in [3.05, 3.63) is 89.4 Å². The summed E-state index contributed by atoms with van der Waals surface area (Å²) in [6.07, 6.45) is 5.08. The molecular formula is C22H16N4O3. The monoisotopic (exact) mass is 384 g/mol. The molecule has 0 aliphatic rings. The van der Waals surface area contributed by atoms with Crippen molar-refractivity contribution in [2.24, 2.45) is 0 Å². The Labute approximate surface area is 165 Å². The van der Waals surface area contributed by atoms with Crippen LogP contribution in [0.1, 0.15) is 32.1 Å². The quantitative estimate of drug-likeness (QED) is 0.480. The standard InChI is InChI=1S/C22H16N4O3/c27-21(20-16(22(28)29)8-5-13-23-20)24-17-9-3-1-6-14(17)11-12-19-15-7-2-4-10-18(15)25-26-19/h1-13H,(H,24,27)(H,25,26)(H,28,29). The second-order valence-corrected chi connectivity index (χ2v) is 6.23. The lowest BCUT2D eigenvalue weighted by molar-refractivity contribution is 0.0691. The molecule has 2 aromatic carbocycles. The summed E-state index contributed by atoms with van der Waals surface area (Å²) in [4.78, 5) is 27.9. The fourth-order valence-corrected chi connectivity index (χ4v) is 2.98. The van der Waals surface area contributed by atoms with Crippen molar-refractivity contribution < 1.29 is 14.7 Å². The third kappa shape index (κ3) is 3.74. The van der Waals surface area contributed by atoms with Crippen LogP contribution in [-0.2, 0) is 0 Å². The van der Waals surface area contributed by atoms with Gasteiger partial charge in [-0.05, 0) is 35.9 Å². The summed E-state index contributed by atoms with van der Waals surface area (Å²) in [6.45, 7) is 0. The predicted molar refractivity (Wildman–Crippen MR) is 111 cm³/mol. The minimum Gasteiger partial charge on any atom is -0.478 e. The van der Waals surface area contributed by atoms with Crippen LogP contribution in [0.3, 0.4) is 0 Å². The molecule has 3 N–H and O–H groups in total. The van der Waals surface area contributed by atoms with Crippen molar-refractivity contribution in [1.29, 1.82) is 0 Å². The van der Waals surface area contributed by atoms with Crippen LogP contribution in [0.4, 0.5) is 5.69 Å². The topological polar surface area (TPSA) is 108 Å². The van der Waals surface area contributed by atoms with Crippen molar-refractivity contribution in [2.75, 3.05) is 5.32 Å². The first-order valence-electron chi connectivity index (χ1n) is 8.83. The number of aromatic nitrogens is 3. The van der Waals surface area contributed by atoms with E-state index in [4.69, 9.17) is 0 Å². The van der Waals surface area contributed by atoms with Gasteiger partial charge >= 0.3 is 5.97 Å². The molecule has 2 aromatic heterocycles. The van der Waals surface area contributed by atoms with Crippen LogP contribution in [0.2, 0.25) is 0 Å². The van der Waals surface area contributed by atoms with Crippen molar-refractivity contribution >= 4 is 40.6 Å². The fourth-order valence-electron chi connectivity index (χ4n) is 2.98. The average molecular weight is 384 g/mol. The Morgan fingerprint density at radius 1 is 0.966 bits per heavy atom. The third-order valence-electron chi connectivity index (χ3n) is 4.38. The van der Waals surface area contributed by atoms with Crippen LogP contribution < -0.4 is 5.32 Å². The summed E-state index contributed by atoms with van der Waals surface area (Å²) in [5.74, 6) is -1.80. The normalized spacial score (nSPS) is 11.0. The highest BCUT2D eigenvalue weighted by molar-refractivity contribution is 6.10. The first-order chi connectivity index (χ1) is 14.1. The number of para-hydroxylation sites is 2. The number of H-pyrrole nitrogens is 1. The largest absolute Gasteiger partial charge is 0.478 e. The molecule has 0 spiro atoms. The van der Waals surface area contributed by atoms with Gasteiger partial charge in [-0.15, -0.1) is 0 Å². The molecule has 7 nitrogen and oxygen atoms in total. The lowest BCUT2D eigenvalue weighted by Crippen LogP contribution is -2.18. The number of aromatic amines is 1. The molecule has 0 saturated heterocycles. The summed E-state index contributed by atoms with van der Waals surface area (Å²) in [7, 11) is 0. The van der Waals surface area contributed by atoms with Crippen LogP contribution in [-0.4, -0.2) is 32.2 Å². The number of hydrogen-bond donors (Lipinski definition) is 3. The molecule has 0 fully saturated rings. The molecule has 0 aliphatic carbocycles. The number of nitrogens with zero attached hydrogens (tertiary/aromatic N) is 2. The number of anilines is 1. The van der Waals surface area contributed by atoms with Gasteiger partial charge in [-0.3, -0.25) is 14.9 Å². The molecule has 0 aliphatic heterocycles. The van der Waals surface area contributed by atoms with E-state index in [0.717, 1.165) is 22.2 Å². The maximum Gasteiger partial charge on any atom is 0.338 e. The number of benzene rings is 2. The highest BCUT2D eigenvalue weighted by atomic mass is 16.4. The minimum atomic E-state index is -1.21. The van der Waals surface area contributed by atoms with Gasteiger partial charge in [0.1, 0.15) is 5.69 Å². The zero-order valence-electron chi connectivity index (χ0n) is 15.2. The number of amides is 1. The second kappa shape index (κ2) is 7.77. The van der Waals surface area contributed by atoms with Crippen molar-refractivity contribution in [3.63, 3.8) is 0 Å². The van der Waals surface area contributed by atoms with E-state index >= 15 is 0 Å². The van der Waals surface area contributed by atoms with Gasteiger partial charge in [0.15, 0.2) is 0 Å². The molecular weight excluding hydrogens is 368 g/mol. The molecule has 142 valence electrons. The summed E-state index contributed by atoms with van der Waals surface area (Å²) in [6, 6.07) is 17.8. The third-order valence-corrected chi connectivity index (χ3v) is 4.38. The zero-order valence-corrected chi connectivity index (χ0v) is 15.2. The summed E-state index contributed by atoms with van der Waals surface area (Å²) >= 11 is 0. The summed E-state index contributed by atoms with van der Waals surface area (Å²) in [5.41, 5.74) is 2.71. The van der Waals surface area contributed by atoms with Crippen molar-refractivity contribution in [2.45, 2.75) is 0 Å². The van der Waals surface area contributed by atoms with E-state index in [1.54, 1.807) is 12.1 Å². The SMILES string of the molecule is O=C(O)c1cccnc1C(=O)Nc1ccccc1C=Cc1n[nH]c2ccccc12. The number of rotatable bonds is 5. The van der Waals surface area contributed by atoms with E-state index in [-0.39, 0.29) is 11.3 Å². The number of carbonyl (C=O) groups excluding carboxylic acids is 1. The molecule has 4 rings (SSSR count). The van der Waals surface area contributed by atoms with E-state index < -0.39 is 11.9 Å². The van der Waals surface area contributed by atoms with E-state index in [0.29, 0.717) is 5.69 Å². The van der Waals surface area contributed by atoms with Crippen LogP contribution in [0.25, 0.3) is 23.1 Å². The smallest absolute Gasteiger partial charge is 0.338 e. The Morgan fingerprint density at radius 3 is 2.62 bits per heavy atom. The molecule has 4 aromatic rings. The van der Waals surface area contributed by atoms with Gasteiger partial charge in [0.05, 0.1) is 16.8 Å². The van der Waals surface area contributed by atoms with Crippen molar-refractivity contribution in [3.8, 4) is 0 Å². The number of hydrogen-bond acceptors (Lipinski definition) is 4. The summed E-state index contributed by atoms with van der Waals surface area (Å²) in [5, 5.41) is 20.3. The van der Waals surface area contributed by atoms with Gasteiger partial charge in [0.25, 0.3) is 5.91 Å². The molecule has 0 bridgehead atoms. The number of carboxylic acids is 1. The maximum atomic E-state index is 12.6. The molecule has 0 unspecified atom stereocenters. The molecule has 1 amide bonds. The number of pyridine rings is 1. The highest BCUT2D eigenvalue weighted by Crippen LogP contribution is 2.22. The van der Waals surface area contributed by atoms with Gasteiger partial charge in [0, 0.05) is 17.3 Å². The van der Waals surface area contributed by atoms with Gasteiger partial charge in [-0.2, -0.15) is 5.10 Å². The number of carboxylic acid groups (broad SMARTS) is 1. The van der Waals surface area contributed by atoms with E-state index in [9.17, 15) is 14.7 Å². The minimum absolute atomic E-state index is 0.142. The van der Waals surface area contributed by atoms with Crippen LogP contribution in [0, 0.1) is 0 Å². The number of fused-ring (bicyclic) bond motifs is 1. The Bertz CT molecular complexity index is 1240. The van der Waals surface area contributed by atoms with Gasteiger partial charge in [0.2, 0.25) is 0 Å². The first-order valence-corrected chi connectivity index (χ1v) is 8.83. The van der Waals surface area contributed by atoms with Crippen LogP contribution in [0.5, 0.6) is 0 Å². The number of aromatic carboxylic acids is 1. The van der Waals surface area contributed by atoms with Crippen LogP contribution in [0.15, 0.2) is 66.9 Å². The van der Waals surface area contributed by atoms with Crippen molar-refractivity contribution in [1.82, 2.24) is 15.2 Å². The number of carbonyl (C=O) groups is 2. The Morgan fingerprint density at radius 2 is 1.76 bits per heavy atom. The Kier molecular flexibility index (Phi) is 4.86. The molecule has 7 heteroatoms.